The third-order valence-corrected chi connectivity index (χ3v) is 6.98. The van der Waals surface area contributed by atoms with Crippen LogP contribution in [0.3, 0.4) is 0 Å². The molecular weight excluding hydrogens is 414 g/mol. The zero-order chi connectivity index (χ0) is 22.0. The van der Waals surface area contributed by atoms with Gasteiger partial charge < -0.3 is 10.1 Å². The highest BCUT2D eigenvalue weighted by Gasteiger charge is 2.28. The molecule has 1 amide bonds. The first-order valence-corrected chi connectivity index (χ1v) is 12.3. The summed E-state index contributed by atoms with van der Waals surface area (Å²) in [5.41, 5.74) is 3.59. The van der Waals surface area contributed by atoms with E-state index in [0.717, 1.165) is 32.4 Å². The van der Waals surface area contributed by atoms with Gasteiger partial charge in [0.15, 0.2) is 0 Å². The molecule has 2 aromatic carbocycles. The molecule has 31 heavy (non-hydrogen) atoms. The van der Waals surface area contributed by atoms with Crippen molar-refractivity contribution >= 4 is 15.9 Å². The maximum atomic E-state index is 13.0. The fourth-order valence-electron chi connectivity index (χ4n) is 4.38. The second-order valence-electron chi connectivity index (χ2n) is 8.26. The lowest BCUT2D eigenvalue weighted by atomic mass is 9.93. The number of nitrogens with zero attached hydrogens (tertiary/aromatic N) is 1. The average Bonchev–Trinajstić information content (AvgIpc) is 3.23. The Bertz CT molecular complexity index is 1080. The van der Waals surface area contributed by atoms with Crippen molar-refractivity contribution in [3.05, 3.63) is 58.7 Å². The molecule has 0 fully saturated rings. The molecule has 166 valence electrons. The van der Waals surface area contributed by atoms with Crippen LogP contribution in [-0.4, -0.2) is 45.0 Å². The summed E-state index contributed by atoms with van der Waals surface area (Å²) in [4.78, 5) is 15.4. The van der Waals surface area contributed by atoms with Crippen LogP contribution in [0.5, 0.6) is 5.75 Å². The zero-order valence-electron chi connectivity index (χ0n) is 17.8. The minimum Gasteiger partial charge on any atom is -0.492 e. The van der Waals surface area contributed by atoms with E-state index in [9.17, 15) is 13.2 Å². The predicted octanol–water partition coefficient (Wildman–Crippen LogP) is 2.23. The first-order chi connectivity index (χ1) is 14.9. The van der Waals surface area contributed by atoms with Crippen LogP contribution in [-0.2, 0) is 29.4 Å². The van der Waals surface area contributed by atoms with Crippen molar-refractivity contribution < 1.29 is 17.9 Å². The molecule has 1 atom stereocenters. The van der Waals surface area contributed by atoms with E-state index in [4.69, 9.17) is 9.88 Å². The van der Waals surface area contributed by atoms with Gasteiger partial charge in [0.05, 0.1) is 17.1 Å². The number of unbranched alkanes of at least 4 members (excludes halogenated alkanes) is 1. The Morgan fingerprint density at radius 3 is 2.74 bits per heavy atom. The van der Waals surface area contributed by atoms with E-state index in [1.807, 2.05) is 0 Å². The summed E-state index contributed by atoms with van der Waals surface area (Å²) in [7, 11) is -3.91. The Hall–Kier alpha value is -2.42. The number of amides is 1. The lowest BCUT2D eigenvalue weighted by Gasteiger charge is -2.37. The van der Waals surface area contributed by atoms with Crippen molar-refractivity contribution in [3.8, 4) is 5.75 Å². The summed E-state index contributed by atoms with van der Waals surface area (Å²) in [6.07, 6.45) is 3.64. The van der Waals surface area contributed by atoms with Gasteiger partial charge in [0.2, 0.25) is 10.0 Å². The number of benzene rings is 2. The van der Waals surface area contributed by atoms with Gasteiger partial charge in [0.1, 0.15) is 5.75 Å². The molecule has 2 aliphatic heterocycles. The summed E-state index contributed by atoms with van der Waals surface area (Å²) in [6.45, 7) is 4.92. The van der Waals surface area contributed by atoms with E-state index in [1.54, 1.807) is 0 Å². The molecule has 0 saturated carbocycles. The quantitative estimate of drug-likeness (QED) is 0.683. The highest BCUT2D eigenvalue weighted by Crippen LogP contribution is 2.32. The topological polar surface area (TPSA) is 102 Å². The van der Waals surface area contributed by atoms with Crippen LogP contribution >= 0.6 is 0 Å². The molecule has 0 saturated heterocycles. The molecule has 3 N–H and O–H groups in total. The van der Waals surface area contributed by atoms with E-state index in [-0.39, 0.29) is 22.4 Å². The fourth-order valence-corrected chi connectivity index (χ4v) is 4.97. The number of fused-ring (bicyclic) bond motifs is 2. The number of rotatable bonds is 7. The smallest absolute Gasteiger partial charge is 0.255 e. The van der Waals surface area contributed by atoms with Gasteiger partial charge in [-0.05, 0) is 48.2 Å². The van der Waals surface area contributed by atoms with Gasteiger partial charge in [-0.15, -0.1) is 0 Å². The summed E-state index contributed by atoms with van der Waals surface area (Å²) >= 11 is 0. The molecule has 0 unspecified atom stereocenters. The van der Waals surface area contributed by atoms with Gasteiger partial charge in [0, 0.05) is 25.6 Å². The molecule has 8 heteroatoms. The number of hydrogen-bond acceptors (Lipinski definition) is 5. The Morgan fingerprint density at radius 2 is 2.00 bits per heavy atom. The summed E-state index contributed by atoms with van der Waals surface area (Å²) in [5.74, 6) is 0.125. The molecule has 2 aliphatic rings. The van der Waals surface area contributed by atoms with Crippen LogP contribution in [0.2, 0.25) is 0 Å². The Balaban J connectivity index is 1.53. The van der Waals surface area contributed by atoms with Gasteiger partial charge in [0.25, 0.3) is 5.91 Å². The number of carbonyl (C=O) groups is 1. The van der Waals surface area contributed by atoms with Crippen LogP contribution in [0.25, 0.3) is 0 Å². The van der Waals surface area contributed by atoms with Gasteiger partial charge >= 0.3 is 0 Å². The lowest BCUT2D eigenvalue weighted by Crippen LogP contribution is -2.47. The molecule has 0 aliphatic carbocycles. The predicted molar refractivity (Wildman–Crippen MR) is 119 cm³/mol. The second kappa shape index (κ2) is 8.98. The monoisotopic (exact) mass is 443 g/mol. The summed E-state index contributed by atoms with van der Waals surface area (Å²) < 4.78 is 29.4. The highest BCUT2D eigenvalue weighted by atomic mass is 32.2. The molecule has 4 rings (SSSR count). The number of hydrogen-bond donors (Lipinski definition) is 2. The molecule has 0 aromatic heterocycles. The first kappa shape index (κ1) is 21.8. The second-order valence-corrected chi connectivity index (χ2v) is 9.82. The Labute approximate surface area is 183 Å². The van der Waals surface area contributed by atoms with Crippen LogP contribution in [0, 0.1) is 0 Å². The Kier molecular flexibility index (Phi) is 6.31. The number of nitrogens with two attached hydrogens (primary N) is 1. The van der Waals surface area contributed by atoms with E-state index in [0.29, 0.717) is 30.9 Å². The SMILES string of the molecule is CCCCN1Cc2ccccc2C[C@H]1CNC(=O)c1cc(S(N)(=O)=O)cc2c1OCC2. The first-order valence-electron chi connectivity index (χ1n) is 10.8. The van der Waals surface area contributed by atoms with E-state index in [1.165, 1.54) is 23.3 Å². The molecule has 2 heterocycles. The number of primary sulfonamides is 1. The standard InChI is InChI=1S/C23H29N3O4S/c1-2-3-9-26-15-18-7-5-4-6-16(18)11-19(26)14-25-23(27)21-13-20(31(24,28)29)12-17-8-10-30-22(17)21/h4-7,12-13,19H,2-3,8-11,14-15H2,1H3,(H,25,27)(H2,24,28,29)/t19-/m0/s1. The fraction of sp³-hybridized carbons (Fsp3) is 0.435. The third-order valence-electron chi connectivity index (χ3n) is 6.09. The molecule has 7 nitrogen and oxygen atoms in total. The molecule has 0 radical (unpaired) electrons. The van der Waals surface area contributed by atoms with E-state index >= 15 is 0 Å². The number of sulfonamides is 1. The van der Waals surface area contributed by atoms with Crippen molar-refractivity contribution in [1.82, 2.24) is 10.2 Å². The zero-order valence-corrected chi connectivity index (χ0v) is 18.6. The molecule has 2 aromatic rings. The molecule has 0 spiro atoms. The van der Waals surface area contributed by atoms with Crippen molar-refractivity contribution in [3.63, 3.8) is 0 Å². The van der Waals surface area contributed by atoms with Crippen molar-refractivity contribution in [2.45, 2.75) is 50.1 Å². The summed E-state index contributed by atoms with van der Waals surface area (Å²) in [5, 5.41) is 8.33. The average molecular weight is 444 g/mol. The molecule has 0 bridgehead atoms. The van der Waals surface area contributed by atoms with Crippen molar-refractivity contribution in [2.75, 3.05) is 19.7 Å². The van der Waals surface area contributed by atoms with Crippen LogP contribution in [0.15, 0.2) is 41.3 Å². The normalized spacial score (nSPS) is 18.2. The van der Waals surface area contributed by atoms with Gasteiger partial charge in [-0.25, -0.2) is 13.6 Å². The minimum absolute atomic E-state index is 0.0573. The maximum Gasteiger partial charge on any atom is 0.255 e. The lowest BCUT2D eigenvalue weighted by molar-refractivity contribution is 0.0921. The molecular formula is C23H29N3O4S. The highest BCUT2D eigenvalue weighted by molar-refractivity contribution is 7.89. The number of ether oxygens (including phenoxy) is 1. The number of carbonyl (C=O) groups excluding carboxylic acids is 1. The maximum absolute atomic E-state index is 13.0. The van der Waals surface area contributed by atoms with Crippen LogP contribution in [0.4, 0.5) is 0 Å². The van der Waals surface area contributed by atoms with Gasteiger partial charge in [-0.3, -0.25) is 9.69 Å². The van der Waals surface area contributed by atoms with Crippen LogP contribution in [0.1, 0.15) is 46.8 Å². The van der Waals surface area contributed by atoms with E-state index in [2.05, 4.69) is 41.4 Å². The van der Waals surface area contributed by atoms with Crippen LogP contribution < -0.4 is 15.2 Å². The van der Waals surface area contributed by atoms with Gasteiger partial charge in [-0.1, -0.05) is 37.6 Å². The third kappa shape index (κ3) is 4.76. The number of nitrogens with one attached hydrogen (secondary N) is 1. The largest absolute Gasteiger partial charge is 0.492 e. The minimum atomic E-state index is -3.91. The van der Waals surface area contributed by atoms with Crippen molar-refractivity contribution in [1.29, 1.82) is 0 Å². The summed E-state index contributed by atoms with van der Waals surface area (Å²) in [6, 6.07) is 11.4. The van der Waals surface area contributed by atoms with E-state index < -0.39 is 10.0 Å². The Morgan fingerprint density at radius 1 is 1.23 bits per heavy atom. The van der Waals surface area contributed by atoms with Crippen molar-refractivity contribution in [2.24, 2.45) is 5.14 Å². The van der Waals surface area contributed by atoms with Gasteiger partial charge in [-0.2, -0.15) is 0 Å².